The third-order valence-corrected chi connectivity index (χ3v) is 5.92. The molecule has 0 aliphatic carbocycles. The minimum Gasteiger partial charge on any atom is -0.507 e. The summed E-state index contributed by atoms with van der Waals surface area (Å²) < 4.78 is 5.82. The average Bonchev–Trinajstić information content (AvgIpc) is 3.13. The van der Waals surface area contributed by atoms with Gasteiger partial charge in [0.25, 0.3) is 11.7 Å². The Balaban J connectivity index is 1.61. The number of aromatic nitrogens is 1. The Morgan fingerprint density at radius 3 is 2.43 bits per heavy atom. The van der Waals surface area contributed by atoms with Crippen LogP contribution in [0.4, 0.5) is 0 Å². The van der Waals surface area contributed by atoms with Crippen molar-refractivity contribution in [3.8, 4) is 5.75 Å². The van der Waals surface area contributed by atoms with Gasteiger partial charge >= 0.3 is 0 Å². The van der Waals surface area contributed by atoms with E-state index in [1.165, 1.54) is 4.90 Å². The summed E-state index contributed by atoms with van der Waals surface area (Å²) in [7, 11) is 3.92. The number of hydrogen-bond acceptors (Lipinski definition) is 6. The second-order valence-electron chi connectivity index (χ2n) is 8.73. The molecule has 3 aromatic rings. The molecule has 1 N–H and O–H groups in total. The van der Waals surface area contributed by atoms with Gasteiger partial charge in [0.05, 0.1) is 11.6 Å². The first-order chi connectivity index (χ1) is 17.0. The first-order valence-corrected chi connectivity index (χ1v) is 11.6. The molecule has 7 heteroatoms. The molecule has 1 aromatic heterocycles. The summed E-state index contributed by atoms with van der Waals surface area (Å²) in [6.07, 6.45) is 3.96. The van der Waals surface area contributed by atoms with Gasteiger partial charge in [-0.3, -0.25) is 14.6 Å². The van der Waals surface area contributed by atoms with Crippen LogP contribution in [-0.2, 0) is 16.2 Å². The summed E-state index contributed by atoms with van der Waals surface area (Å²) in [4.78, 5) is 33.8. The summed E-state index contributed by atoms with van der Waals surface area (Å²) in [5, 5.41) is 11.2. The number of rotatable bonds is 9. The van der Waals surface area contributed by atoms with Crippen LogP contribution in [0.5, 0.6) is 5.75 Å². The van der Waals surface area contributed by atoms with Crippen LogP contribution in [0.1, 0.15) is 29.2 Å². The third kappa shape index (κ3) is 5.58. The van der Waals surface area contributed by atoms with Crippen LogP contribution in [0.25, 0.3) is 5.76 Å². The Bertz CT molecular complexity index is 1190. The number of aliphatic hydroxyl groups excluding tert-OH is 1. The van der Waals surface area contributed by atoms with Crippen molar-refractivity contribution in [1.29, 1.82) is 0 Å². The Morgan fingerprint density at radius 2 is 1.77 bits per heavy atom. The molecule has 2 heterocycles. The summed E-state index contributed by atoms with van der Waals surface area (Å²) in [5.41, 5.74) is 2.24. The summed E-state index contributed by atoms with van der Waals surface area (Å²) in [6, 6.07) is 19.6. The Kier molecular flexibility index (Phi) is 7.57. The zero-order valence-corrected chi connectivity index (χ0v) is 19.9. The first-order valence-electron chi connectivity index (χ1n) is 11.6. The van der Waals surface area contributed by atoms with E-state index in [2.05, 4.69) is 4.98 Å². The summed E-state index contributed by atoms with van der Waals surface area (Å²) in [5.74, 6) is -0.868. The molecule has 7 nitrogen and oxygen atoms in total. The minimum absolute atomic E-state index is 0.0748. The lowest BCUT2D eigenvalue weighted by Gasteiger charge is -2.25. The van der Waals surface area contributed by atoms with E-state index >= 15 is 0 Å². The van der Waals surface area contributed by atoms with Crippen molar-refractivity contribution < 1.29 is 19.4 Å². The summed E-state index contributed by atoms with van der Waals surface area (Å²) in [6.45, 7) is 1.59. The van der Waals surface area contributed by atoms with Gasteiger partial charge in [0.1, 0.15) is 18.1 Å². The van der Waals surface area contributed by atoms with Gasteiger partial charge in [0, 0.05) is 24.5 Å². The molecule has 1 saturated heterocycles. The predicted octanol–water partition coefficient (Wildman–Crippen LogP) is 4.03. The van der Waals surface area contributed by atoms with E-state index in [4.69, 9.17) is 4.74 Å². The molecule has 1 fully saturated rings. The monoisotopic (exact) mass is 471 g/mol. The second-order valence-corrected chi connectivity index (χ2v) is 8.73. The maximum atomic E-state index is 13.1. The highest BCUT2D eigenvalue weighted by Crippen LogP contribution is 2.39. The maximum Gasteiger partial charge on any atom is 0.295 e. The van der Waals surface area contributed by atoms with Crippen LogP contribution < -0.4 is 4.74 Å². The fourth-order valence-electron chi connectivity index (χ4n) is 4.16. The number of ether oxygens (including phenoxy) is 1. The van der Waals surface area contributed by atoms with Crippen LogP contribution >= 0.6 is 0 Å². The topological polar surface area (TPSA) is 83.0 Å². The predicted molar refractivity (Wildman–Crippen MR) is 134 cm³/mol. The molecule has 0 radical (unpaired) electrons. The van der Waals surface area contributed by atoms with E-state index in [1.54, 1.807) is 42.7 Å². The zero-order chi connectivity index (χ0) is 24.8. The lowest BCUT2D eigenvalue weighted by molar-refractivity contribution is -0.139. The number of likely N-dealkylation sites (tertiary alicyclic amines) is 1. The third-order valence-electron chi connectivity index (χ3n) is 5.92. The number of Topliss-reactive ketones (excluding diaryl/α,β-unsaturated/α-hetero) is 1. The number of nitrogens with zero attached hydrogens (tertiary/aromatic N) is 3. The fraction of sp³-hybridized carbons (Fsp3) is 0.250. The van der Waals surface area contributed by atoms with Crippen molar-refractivity contribution in [1.82, 2.24) is 14.8 Å². The number of carbonyl (C=O) groups excluding carboxylic acids is 2. The largest absolute Gasteiger partial charge is 0.507 e. The molecule has 1 amide bonds. The van der Waals surface area contributed by atoms with E-state index < -0.39 is 17.7 Å². The number of ketones is 1. The van der Waals surface area contributed by atoms with Crippen molar-refractivity contribution in [2.75, 3.05) is 27.2 Å². The minimum atomic E-state index is -0.695. The van der Waals surface area contributed by atoms with Crippen molar-refractivity contribution >= 4 is 17.4 Å². The highest BCUT2D eigenvalue weighted by molar-refractivity contribution is 6.46. The molecule has 1 aliphatic rings. The highest BCUT2D eigenvalue weighted by atomic mass is 16.5. The molecule has 2 aromatic carbocycles. The molecule has 0 unspecified atom stereocenters. The lowest BCUT2D eigenvalue weighted by atomic mass is 9.96. The molecule has 0 bridgehead atoms. The van der Waals surface area contributed by atoms with Crippen molar-refractivity contribution in [3.05, 3.63) is 101 Å². The Hall–Kier alpha value is -3.97. The Morgan fingerprint density at radius 1 is 1.03 bits per heavy atom. The zero-order valence-electron chi connectivity index (χ0n) is 19.9. The van der Waals surface area contributed by atoms with Crippen LogP contribution in [0, 0.1) is 0 Å². The van der Waals surface area contributed by atoms with Crippen LogP contribution in [0.3, 0.4) is 0 Å². The molecular weight excluding hydrogens is 442 g/mol. The quantitative estimate of drug-likeness (QED) is 0.288. The molecule has 1 atom stereocenters. The average molecular weight is 472 g/mol. The van der Waals surface area contributed by atoms with Gasteiger partial charge in [-0.2, -0.15) is 0 Å². The molecule has 35 heavy (non-hydrogen) atoms. The fourth-order valence-corrected chi connectivity index (χ4v) is 4.16. The van der Waals surface area contributed by atoms with Gasteiger partial charge < -0.3 is 19.6 Å². The number of aliphatic hydroxyl groups is 1. The molecule has 4 rings (SSSR count). The number of hydrogen-bond donors (Lipinski definition) is 1. The Labute approximate surface area is 205 Å². The van der Waals surface area contributed by atoms with Gasteiger partial charge in [-0.1, -0.05) is 36.4 Å². The smallest absolute Gasteiger partial charge is 0.295 e. The first kappa shape index (κ1) is 24.2. The van der Waals surface area contributed by atoms with Crippen LogP contribution in [0.2, 0.25) is 0 Å². The van der Waals surface area contributed by atoms with Gasteiger partial charge in [-0.05, 0) is 68.5 Å². The number of amides is 1. The lowest BCUT2D eigenvalue weighted by Crippen LogP contribution is -2.32. The summed E-state index contributed by atoms with van der Waals surface area (Å²) >= 11 is 0. The van der Waals surface area contributed by atoms with Crippen molar-refractivity contribution in [3.63, 3.8) is 0 Å². The maximum absolute atomic E-state index is 13.1. The van der Waals surface area contributed by atoms with Crippen LogP contribution in [-0.4, -0.2) is 58.8 Å². The number of carbonyl (C=O) groups is 2. The van der Waals surface area contributed by atoms with Crippen molar-refractivity contribution in [2.24, 2.45) is 0 Å². The van der Waals surface area contributed by atoms with E-state index in [9.17, 15) is 14.7 Å². The van der Waals surface area contributed by atoms with E-state index in [0.29, 0.717) is 36.4 Å². The molecule has 180 valence electrons. The molecular formula is C28H29N3O4. The SMILES string of the molecule is CN(C)CCCN1C(=O)C(=O)/C(=C(\O)c2ccc(OCc3ccccc3)cc2)[C@@H]1c1cccnc1. The van der Waals surface area contributed by atoms with E-state index in [1.807, 2.05) is 55.4 Å². The molecule has 1 aliphatic heterocycles. The molecule has 0 saturated carbocycles. The van der Waals surface area contributed by atoms with Crippen molar-refractivity contribution in [2.45, 2.75) is 19.1 Å². The number of pyridine rings is 1. The van der Waals surface area contributed by atoms with E-state index in [-0.39, 0.29) is 11.3 Å². The van der Waals surface area contributed by atoms with Gasteiger partial charge in [0.2, 0.25) is 0 Å². The van der Waals surface area contributed by atoms with Gasteiger partial charge in [-0.25, -0.2) is 0 Å². The number of benzene rings is 2. The second kappa shape index (κ2) is 11.0. The van der Waals surface area contributed by atoms with Gasteiger partial charge in [-0.15, -0.1) is 0 Å². The van der Waals surface area contributed by atoms with Gasteiger partial charge in [0.15, 0.2) is 0 Å². The van der Waals surface area contributed by atoms with E-state index in [0.717, 1.165) is 12.1 Å². The standard InChI is InChI=1S/C28H29N3O4/c1-30(2)16-7-17-31-25(22-10-6-15-29-18-22)24(27(33)28(31)34)26(32)21-11-13-23(14-12-21)35-19-20-8-4-3-5-9-20/h3-6,8-15,18,25,32H,7,16-17,19H2,1-2H3/b26-24-/t25-/m0/s1. The normalized spacial score (nSPS) is 17.2. The highest BCUT2D eigenvalue weighted by Gasteiger charge is 2.45. The van der Waals surface area contributed by atoms with Crippen LogP contribution in [0.15, 0.2) is 84.7 Å². The molecule has 0 spiro atoms.